The third kappa shape index (κ3) is 3.62. The molecule has 0 aliphatic heterocycles. The first-order chi connectivity index (χ1) is 12.4. The highest BCUT2D eigenvalue weighted by atomic mass is 16.4. The quantitative estimate of drug-likeness (QED) is 0.653. The Kier molecular flexibility index (Phi) is 4.53. The van der Waals surface area contributed by atoms with Gasteiger partial charge in [-0.2, -0.15) is 0 Å². The number of carbonyl (C=O) groups is 3. The molecule has 0 bridgehead atoms. The highest BCUT2D eigenvalue weighted by molar-refractivity contribution is 6.03. The molecule has 4 N–H and O–H groups in total. The molecule has 0 aliphatic rings. The minimum atomic E-state index is -1.09. The van der Waals surface area contributed by atoms with E-state index in [-0.39, 0.29) is 11.3 Å². The van der Waals surface area contributed by atoms with Gasteiger partial charge in [0.2, 0.25) is 5.91 Å². The van der Waals surface area contributed by atoms with Gasteiger partial charge in [0.15, 0.2) is 5.76 Å². The third-order valence-electron chi connectivity index (χ3n) is 3.63. The largest absolute Gasteiger partial charge is 0.478 e. The fraction of sp³-hybridized carbons (Fsp3) is 0. The number of rotatable bonds is 5. The SMILES string of the molecule is NC(=O)c1cccc(-c2ccc(C(=O)Nc3cccc(C(=O)O)c3)o2)c1. The van der Waals surface area contributed by atoms with Gasteiger partial charge in [-0.15, -0.1) is 0 Å². The number of carboxylic acids is 1. The number of carboxylic acid groups (broad SMARTS) is 1. The zero-order valence-corrected chi connectivity index (χ0v) is 13.4. The molecule has 0 atom stereocenters. The maximum absolute atomic E-state index is 12.3. The van der Waals surface area contributed by atoms with E-state index in [9.17, 15) is 14.4 Å². The molecular weight excluding hydrogens is 336 g/mol. The molecule has 7 nitrogen and oxygen atoms in total. The van der Waals surface area contributed by atoms with Crippen molar-refractivity contribution in [2.24, 2.45) is 5.73 Å². The fourth-order valence-corrected chi connectivity index (χ4v) is 2.36. The van der Waals surface area contributed by atoms with Crippen LogP contribution in [-0.2, 0) is 0 Å². The molecule has 0 fully saturated rings. The number of benzene rings is 2. The van der Waals surface area contributed by atoms with Crippen molar-refractivity contribution in [3.05, 3.63) is 77.6 Å². The second-order valence-electron chi connectivity index (χ2n) is 5.45. The lowest BCUT2D eigenvalue weighted by molar-refractivity contribution is 0.0696. The molecule has 0 unspecified atom stereocenters. The summed E-state index contributed by atoms with van der Waals surface area (Å²) < 4.78 is 5.54. The van der Waals surface area contributed by atoms with E-state index in [1.807, 2.05) is 0 Å². The Labute approximate surface area is 148 Å². The maximum Gasteiger partial charge on any atom is 0.335 e. The van der Waals surface area contributed by atoms with Gasteiger partial charge < -0.3 is 20.6 Å². The number of amides is 2. The molecule has 0 saturated carbocycles. The van der Waals surface area contributed by atoms with Crippen molar-refractivity contribution in [1.29, 1.82) is 0 Å². The summed E-state index contributed by atoms with van der Waals surface area (Å²) in [5.74, 6) is -1.72. The molecule has 0 radical (unpaired) electrons. The second-order valence-corrected chi connectivity index (χ2v) is 5.45. The van der Waals surface area contributed by atoms with Crippen molar-refractivity contribution in [2.75, 3.05) is 5.32 Å². The number of hydrogen-bond acceptors (Lipinski definition) is 4. The minimum absolute atomic E-state index is 0.0465. The Morgan fingerprint density at radius 1 is 0.923 bits per heavy atom. The number of carbonyl (C=O) groups excluding carboxylic acids is 2. The van der Waals surface area contributed by atoms with Crippen LogP contribution in [0, 0.1) is 0 Å². The predicted molar refractivity (Wildman–Crippen MR) is 94.0 cm³/mol. The van der Waals surface area contributed by atoms with Crippen molar-refractivity contribution in [3.8, 4) is 11.3 Å². The van der Waals surface area contributed by atoms with E-state index < -0.39 is 17.8 Å². The molecule has 3 rings (SSSR count). The first kappa shape index (κ1) is 17.0. The van der Waals surface area contributed by atoms with Crippen LogP contribution in [-0.4, -0.2) is 22.9 Å². The average molecular weight is 350 g/mol. The molecule has 1 heterocycles. The van der Waals surface area contributed by atoms with Crippen LogP contribution in [0.25, 0.3) is 11.3 Å². The molecule has 2 amide bonds. The van der Waals surface area contributed by atoms with Gasteiger partial charge in [0, 0.05) is 16.8 Å². The summed E-state index contributed by atoms with van der Waals surface area (Å²) in [4.78, 5) is 34.5. The van der Waals surface area contributed by atoms with E-state index >= 15 is 0 Å². The van der Waals surface area contributed by atoms with Crippen LogP contribution in [0.3, 0.4) is 0 Å². The van der Waals surface area contributed by atoms with Gasteiger partial charge in [-0.1, -0.05) is 18.2 Å². The number of hydrogen-bond donors (Lipinski definition) is 3. The normalized spacial score (nSPS) is 10.3. The Morgan fingerprint density at radius 3 is 2.38 bits per heavy atom. The molecule has 3 aromatic rings. The molecule has 26 heavy (non-hydrogen) atoms. The lowest BCUT2D eigenvalue weighted by atomic mass is 10.1. The van der Waals surface area contributed by atoms with Crippen molar-refractivity contribution in [2.45, 2.75) is 0 Å². The lowest BCUT2D eigenvalue weighted by Crippen LogP contribution is -2.11. The van der Waals surface area contributed by atoms with Crippen LogP contribution in [0.2, 0.25) is 0 Å². The van der Waals surface area contributed by atoms with Crippen molar-refractivity contribution in [3.63, 3.8) is 0 Å². The first-order valence-electron chi connectivity index (χ1n) is 7.59. The highest BCUT2D eigenvalue weighted by Crippen LogP contribution is 2.24. The number of nitrogens with two attached hydrogens (primary N) is 1. The lowest BCUT2D eigenvalue weighted by Gasteiger charge is -2.04. The van der Waals surface area contributed by atoms with Crippen LogP contribution in [0.5, 0.6) is 0 Å². The Bertz CT molecular complexity index is 1010. The summed E-state index contributed by atoms with van der Waals surface area (Å²) in [5, 5.41) is 11.6. The van der Waals surface area contributed by atoms with Crippen LogP contribution in [0.1, 0.15) is 31.3 Å². The number of anilines is 1. The standard InChI is InChI=1S/C19H14N2O5/c20-17(22)12-4-1-3-11(9-12)15-7-8-16(26-15)18(23)21-14-6-2-5-13(10-14)19(24)25/h1-10H,(H2,20,22)(H,21,23)(H,24,25). The highest BCUT2D eigenvalue weighted by Gasteiger charge is 2.14. The number of primary amides is 1. The summed E-state index contributed by atoms with van der Waals surface area (Å²) in [6.07, 6.45) is 0. The summed E-state index contributed by atoms with van der Waals surface area (Å²) in [5.41, 5.74) is 6.59. The van der Waals surface area contributed by atoms with Gasteiger partial charge in [-0.3, -0.25) is 9.59 Å². The Morgan fingerprint density at radius 2 is 1.65 bits per heavy atom. The predicted octanol–water partition coefficient (Wildman–Crippen LogP) is 3.00. The van der Waals surface area contributed by atoms with Gasteiger partial charge in [0.25, 0.3) is 5.91 Å². The Balaban J connectivity index is 1.80. The maximum atomic E-state index is 12.3. The zero-order chi connectivity index (χ0) is 18.7. The van der Waals surface area contributed by atoms with Crippen LogP contribution in [0.15, 0.2) is 65.1 Å². The topological polar surface area (TPSA) is 123 Å². The van der Waals surface area contributed by atoms with E-state index in [0.717, 1.165) is 0 Å². The van der Waals surface area contributed by atoms with Crippen LogP contribution in [0.4, 0.5) is 5.69 Å². The van der Waals surface area contributed by atoms with Crippen molar-refractivity contribution in [1.82, 2.24) is 0 Å². The molecule has 0 spiro atoms. The molecule has 7 heteroatoms. The van der Waals surface area contributed by atoms with E-state index in [1.165, 1.54) is 24.3 Å². The van der Waals surface area contributed by atoms with Gasteiger partial charge in [0.05, 0.1) is 5.56 Å². The first-order valence-corrected chi connectivity index (χ1v) is 7.59. The van der Waals surface area contributed by atoms with Gasteiger partial charge >= 0.3 is 5.97 Å². The minimum Gasteiger partial charge on any atom is -0.478 e. The molecule has 0 aliphatic carbocycles. The van der Waals surface area contributed by atoms with E-state index in [2.05, 4.69) is 5.32 Å². The summed E-state index contributed by atoms with van der Waals surface area (Å²) >= 11 is 0. The molecule has 130 valence electrons. The average Bonchev–Trinajstić information content (AvgIpc) is 3.12. The summed E-state index contributed by atoms with van der Waals surface area (Å²) in [6, 6.07) is 15.5. The second kappa shape index (κ2) is 6.94. The fourth-order valence-electron chi connectivity index (χ4n) is 2.36. The molecule has 0 saturated heterocycles. The van der Waals surface area contributed by atoms with E-state index in [1.54, 1.807) is 36.4 Å². The summed E-state index contributed by atoms with van der Waals surface area (Å²) in [6.45, 7) is 0. The van der Waals surface area contributed by atoms with E-state index in [0.29, 0.717) is 22.6 Å². The molecule has 1 aromatic heterocycles. The van der Waals surface area contributed by atoms with Crippen LogP contribution >= 0.6 is 0 Å². The molecular formula is C19H14N2O5. The summed E-state index contributed by atoms with van der Waals surface area (Å²) in [7, 11) is 0. The number of furan rings is 1. The smallest absolute Gasteiger partial charge is 0.335 e. The van der Waals surface area contributed by atoms with Gasteiger partial charge in [0.1, 0.15) is 5.76 Å². The van der Waals surface area contributed by atoms with Crippen molar-refractivity contribution < 1.29 is 23.9 Å². The van der Waals surface area contributed by atoms with E-state index in [4.69, 9.17) is 15.3 Å². The monoisotopic (exact) mass is 350 g/mol. The number of aromatic carboxylic acids is 1. The van der Waals surface area contributed by atoms with Crippen molar-refractivity contribution >= 4 is 23.5 Å². The third-order valence-corrected chi connectivity index (χ3v) is 3.63. The molecule has 2 aromatic carbocycles. The van der Waals surface area contributed by atoms with Gasteiger partial charge in [-0.25, -0.2) is 4.79 Å². The Hall–Kier alpha value is -3.87. The zero-order valence-electron chi connectivity index (χ0n) is 13.4. The van der Waals surface area contributed by atoms with Crippen LogP contribution < -0.4 is 11.1 Å². The van der Waals surface area contributed by atoms with Gasteiger partial charge in [-0.05, 0) is 42.5 Å². The number of nitrogens with one attached hydrogen (secondary N) is 1.